The van der Waals surface area contributed by atoms with Crippen molar-refractivity contribution in [1.29, 1.82) is 0 Å². The largest absolute Gasteiger partial charge is 0.458 e. The van der Waals surface area contributed by atoms with E-state index in [1.807, 2.05) is 17.0 Å². The summed E-state index contributed by atoms with van der Waals surface area (Å²) in [6.45, 7) is 7.65. The summed E-state index contributed by atoms with van der Waals surface area (Å²) in [7, 11) is 0. The van der Waals surface area contributed by atoms with Gasteiger partial charge in [0.1, 0.15) is 12.4 Å². The number of amides is 1. The zero-order valence-electron chi connectivity index (χ0n) is 24.9. The highest BCUT2D eigenvalue weighted by molar-refractivity contribution is 5.90. The molecule has 1 amide bonds. The van der Waals surface area contributed by atoms with Crippen molar-refractivity contribution in [3.63, 3.8) is 0 Å². The Morgan fingerprint density at radius 1 is 1.07 bits per heavy atom. The van der Waals surface area contributed by atoms with Crippen LogP contribution in [0.3, 0.4) is 0 Å². The molecule has 0 saturated carbocycles. The molecule has 234 valence electrons. The van der Waals surface area contributed by atoms with Gasteiger partial charge in [-0.15, -0.1) is 0 Å². The van der Waals surface area contributed by atoms with E-state index in [9.17, 15) is 19.5 Å². The van der Waals surface area contributed by atoms with E-state index in [1.165, 1.54) is 32.4 Å². The van der Waals surface area contributed by atoms with E-state index in [-0.39, 0.29) is 32.1 Å². The Morgan fingerprint density at radius 2 is 1.82 bits per heavy atom. The summed E-state index contributed by atoms with van der Waals surface area (Å²) in [4.78, 5) is 48.5. The van der Waals surface area contributed by atoms with Gasteiger partial charge in [0.05, 0.1) is 29.0 Å². The molecule has 2 saturated heterocycles. The monoisotopic (exact) mass is 602 g/mol. The molecule has 0 unspecified atom stereocenters. The van der Waals surface area contributed by atoms with Crippen LogP contribution in [-0.2, 0) is 34.7 Å². The van der Waals surface area contributed by atoms with E-state index in [1.54, 1.807) is 23.6 Å². The number of carbonyl (C=O) groups excluding carboxylic acids is 2. The number of rotatable bonds is 4. The smallest absolute Gasteiger partial charge is 0.415 e. The van der Waals surface area contributed by atoms with Gasteiger partial charge in [-0.25, -0.2) is 14.6 Å². The van der Waals surface area contributed by atoms with Gasteiger partial charge >= 0.3 is 12.1 Å². The summed E-state index contributed by atoms with van der Waals surface area (Å²) >= 11 is 0. The van der Waals surface area contributed by atoms with Gasteiger partial charge in [-0.3, -0.25) is 4.79 Å². The number of nitrogens with zero attached hydrogens (tertiary/aromatic N) is 4. The van der Waals surface area contributed by atoms with Crippen molar-refractivity contribution in [3.8, 4) is 17.1 Å². The zero-order valence-corrected chi connectivity index (χ0v) is 24.9. The molecule has 7 rings (SSSR count). The molecule has 10 heteroatoms. The summed E-state index contributed by atoms with van der Waals surface area (Å²) in [5.74, 6) is -0.266. The molecule has 6 heterocycles. The minimum Gasteiger partial charge on any atom is -0.458 e. The number of hydrogen-bond acceptors (Lipinski definition) is 8. The second kappa shape index (κ2) is 11.6. The molecule has 0 bridgehead atoms. The lowest BCUT2D eigenvalue weighted by Crippen LogP contribution is -2.48. The average molecular weight is 603 g/mol. The van der Waals surface area contributed by atoms with Gasteiger partial charge in [0.2, 0.25) is 0 Å². The number of cyclic esters (lactones) is 1. The van der Waals surface area contributed by atoms with Gasteiger partial charge in [-0.2, -0.15) is 0 Å². The number of benzene rings is 1. The van der Waals surface area contributed by atoms with Crippen LogP contribution in [0.1, 0.15) is 82.1 Å². The molecule has 0 spiro atoms. The number of aliphatic hydroxyl groups is 1. The van der Waals surface area contributed by atoms with Gasteiger partial charge < -0.3 is 28.9 Å². The number of pyridine rings is 2. The Bertz CT molecular complexity index is 1690. The van der Waals surface area contributed by atoms with Gasteiger partial charge in [0, 0.05) is 35.6 Å². The number of esters is 1. The first kappa shape index (κ1) is 30.3. The number of aryl methyl sites for hydroxylation is 1. The lowest BCUT2D eigenvalue weighted by Gasteiger charge is -2.39. The average Bonchev–Trinajstić information content (AvgIpc) is 3.41. The predicted octanol–water partition coefficient (Wildman–Crippen LogP) is 4.73. The predicted molar refractivity (Wildman–Crippen MR) is 167 cm³/mol. The van der Waals surface area contributed by atoms with E-state index < -0.39 is 11.6 Å². The van der Waals surface area contributed by atoms with Crippen molar-refractivity contribution in [2.75, 3.05) is 26.2 Å². The molecule has 0 aliphatic carbocycles. The Balaban J connectivity index is 0.00000343. The van der Waals surface area contributed by atoms with Crippen molar-refractivity contribution in [3.05, 3.63) is 56.9 Å². The van der Waals surface area contributed by atoms with Crippen LogP contribution in [0.2, 0.25) is 0 Å². The summed E-state index contributed by atoms with van der Waals surface area (Å²) in [6.07, 6.45) is 6.26. The maximum absolute atomic E-state index is 13.6. The van der Waals surface area contributed by atoms with Crippen LogP contribution in [0.15, 0.2) is 29.1 Å². The Morgan fingerprint density at radius 3 is 2.52 bits per heavy atom. The van der Waals surface area contributed by atoms with Crippen molar-refractivity contribution >= 4 is 23.0 Å². The molecule has 2 aromatic heterocycles. The lowest BCUT2D eigenvalue weighted by molar-refractivity contribution is -0.172. The molecule has 4 aliphatic heterocycles. The van der Waals surface area contributed by atoms with Crippen LogP contribution < -0.4 is 10.3 Å². The van der Waals surface area contributed by atoms with Crippen molar-refractivity contribution < 1.29 is 24.2 Å². The number of hydrogen-bond donors (Lipinski definition) is 1. The molecule has 3 aromatic rings. The Kier molecular flexibility index (Phi) is 8.00. The number of likely N-dealkylation sites (tertiary alicyclic amines) is 2. The van der Waals surface area contributed by atoms with Crippen LogP contribution in [0.25, 0.3) is 22.3 Å². The van der Waals surface area contributed by atoms with E-state index in [0.717, 1.165) is 34.9 Å². The standard InChI is InChI=1S/C33H38N4O6.CH4/c1-3-22-23-16-21(43-32(40)36-14-10-20(11-15-36)35-12-6-5-7-13-35)8-9-27(23)34-29-24(22)18-37-28(29)17-26-25(30(37)38)19-42-31(39)33(26,41)4-2;/h8-9,16-17,20,41H,3-7,10-15,18-19H2,1-2H3;1H4/t33-;/m0./s1. The fraction of sp³-hybridized carbons (Fsp3) is 0.529. The van der Waals surface area contributed by atoms with Crippen molar-refractivity contribution in [1.82, 2.24) is 19.4 Å². The van der Waals surface area contributed by atoms with Crippen LogP contribution in [0.4, 0.5) is 4.79 Å². The number of carbonyl (C=O) groups is 2. The normalized spacial score (nSPS) is 21.7. The maximum atomic E-state index is 13.6. The van der Waals surface area contributed by atoms with Gasteiger partial charge in [-0.05, 0) is 81.4 Å². The topological polar surface area (TPSA) is 114 Å². The highest BCUT2D eigenvalue weighted by atomic mass is 16.6. The fourth-order valence-electron chi connectivity index (χ4n) is 7.47. The second-order valence-corrected chi connectivity index (χ2v) is 12.2. The van der Waals surface area contributed by atoms with Gasteiger partial charge in [0.15, 0.2) is 5.60 Å². The molecule has 44 heavy (non-hydrogen) atoms. The van der Waals surface area contributed by atoms with Crippen molar-refractivity contribution in [2.45, 2.75) is 91.0 Å². The van der Waals surface area contributed by atoms with Crippen LogP contribution in [0, 0.1) is 0 Å². The first-order valence-electron chi connectivity index (χ1n) is 15.7. The molecule has 2 fully saturated rings. The van der Waals surface area contributed by atoms with Crippen LogP contribution in [0.5, 0.6) is 5.75 Å². The first-order chi connectivity index (χ1) is 20.8. The van der Waals surface area contributed by atoms with Crippen LogP contribution in [-0.4, -0.2) is 68.7 Å². The lowest BCUT2D eigenvalue weighted by atomic mass is 9.86. The fourth-order valence-corrected chi connectivity index (χ4v) is 7.47. The quantitative estimate of drug-likeness (QED) is 0.334. The molecular weight excluding hydrogens is 560 g/mol. The summed E-state index contributed by atoms with van der Waals surface area (Å²) in [5.41, 5.74) is 2.38. The van der Waals surface area contributed by atoms with Crippen molar-refractivity contribution in [2.24, 2.45) is 0 Å². The number of ether oxygens (including phenoxy) is 2. The minimum absolute atomic E-state index is 0. The zero-order chi connectivity index (χ0) is 29.9. The third-order valence-electron chi connectivity index (χ3n) is 9.97. The third kappa shape index (κ3) is 4.79. The summed E-state index contributed by atoms with van der Waals surface area (Å²) in [6, 6.07) is 7.77. The van der Waals surface area contributed by atoms with Crippen LogP contribution >= 0.6 is 0 Å². The minimum atomic E-state index is -1.86. The third-order valence-corrected chi connectivity index (χ3v) is 9.97. The molecule has 0 radical (unpaired) electrons. The first-order valence-corrected chi connectivity index (χ1v) is 15.7. The highest BCUT2D eigenvalue weighted by Gasteiger charge is 2.45. The van der Waals surface area contributed by atoms with E-state index in [2.05, 4.69) is 11.8 Å². The second-order valence-electron chi connectivity index (χ2n) is 12.2. The number of piperidine rings is 2. The summed E-state index contributed by atoms with van der Waals surface area (Å²) in [5, 5.41) is 12.0. The maximum Gasteiger partial charge on any atom is 0.415 e. The molecule has 10 nitrogen and oxygen atoms in total. The number of fused-ring (bicyclic) bond motifs is 5. The van der Waals surface area contributed by atoms with Gasteiger partial charge in [-0.1, -0.05) is 27.7 Å². The Labute approximate surface area is 257 Å². The van der Waals surface area contributed by atoms with E-state index >= 15 is 0 Å². The van der Waals surface area contributed by atoms with E-state index in [0.29, 0.717) is 60.4 Å². The molecule has 1 N–H and O–H groups in total. The highest BCUT2D eigenvalue weighted by Crippen LogP contribution is 2.40. The molecule has 1 aromatic carbocycles. The molecule has 4 aliphatic rings. The number of aromatic nitrogens is 2. The Hall–Kier alpha value is -3.76. The summed E-state index contributed by atoms with van der Waals surface area (Å²) < 4.78 is 12.7. The van der Waals surface area contributed by atoms with Gasteiger partial charge in [0.25, 0.3) is 5.56 Å². The molecular formula is C34H42N4O6. The van der Waals surface area contributed by atoms with E-state index in [4.69, 9.17) is 14.5 Å². The SMILES string of the molecule is C.CCc1c2c(nc3ccc(OC(=O)N4CCC(N5CCCCC5)CC4)cc13)-c1cc3c(c(=O)n1C2)COC(=O)[C@]3(O)CC. The molecule has 1 atom stereocenters.